The predicted molar refractivity (Wildman–Crippen MR) is 86.2 cm³/mol. The van der Waals surface area contributed by atoms with Crippen molar-refractivity contribution in [2.45, 2.75) is 32.9 Å². The fourth-order valence-corrected chi connectivity index (χ4v) is 1.74. The van der Waals surface area contributed by atoms with E-state index in [2.05, 4.69) is 5.32 Å². The molecule has 23 heavy (non-hydrogen) atoms. The Kier molecular flexibility index (Phi) is 7.24. The molecule has 0 aliphatic carbocycles. The lowest BCUT2D eigenvalue weighted by Gasteiger charge is -2.20. The summed E-state index contributed by atoms with van der Waals surface area (Å²) >= 11 is 0. The van der Waals surface area contributed by atoms with Crippen LogP contribution < -0.4 is 21.3 Å². The lowest BCUT2D eigenvalue weighted by Crippen LogP contribution is -2.54. The second-order valence-corrected chi connectivity index (χ2v) is 5.40. The molecule has 0 heterocycles. The van der Waals surface area contributed by atoms with Gasteiger partial charge in [-0.05, 0) is 51.1 Å². The maximum Gasteiger partial charge on any atom is 0.267 e. The van der Waals surface area contributed by atoms with Crippen molar-refractivity contribution in [3.8, 4) is 5.75 Å². The minimum Gasteiger partial charge on any atom is -0.490 e. The second-order valence-electron chi connectivity index (χ2n) is 5.40. The molecular formula is C16H23N3O4. The molecule has 0 fully saturated rings. The Morgan fingerprint density at radius 3 is 2.39 bits per heavy atom. The van der Waals surface area contributed by atoms with Crippen molar-refractivity contribution in [2.24, 2.45) is 5.73 Å². The van der Waals surface area contributed by atoms with Crippen LogP contribution in [0.2, 0.25) is 0 Å². The van der Waals surface area contributed by atoms with Gasteiger partial charge in [0.05, 0.1) is 0 Å². The highest BCUT2D eigenvalue weighted by Crippen LogP contribution is 2.12. The van der Waals surface area contributed by atoms with E-state index in [1.54, 1.807) is 31.2 Å². The first-order chi connectivity index (χ1) is 10.8. The summed E-state index contributed by atoms with van der Waals surface area (Å²) in [4.78, 5) is 23.6. The molecule has 0 radical (unpaired) electrons. The Balaban J connectivity index is 2.69. The highest BCUT2D eigenvalue weighted by Gasteiger charge is 2.24. The molecule has 0 unspecified atom stereocenters. The third-order valence-electron chi connectivity index (χ3n) is 3.06. The van der Waals surface area contributed by atoms with Gasteiger partial charge in [-0.1, -0.05) is 5.57 Å². The number of ether oxygens (including phenoxy) is 1. The molecule has 0 saturated carbocycles. The third-order valence-corrected chi connectivity index (χ3v) is 3.06. The standard InChI is InChI=1S/C16H23N3O4/c1-10(2)8-9-23-13-6-4-12(5-7-13)15(20)18-14(11(3)17)16(21)19-22/h4-8,11,14,22H,9,17H2,1-3H3,(H,18,20)(H,19,21)/t11-,14+/m1/s1. The summed E-state index contributed by atoms with van der Waals surface area (Å²) in [6, 6.07) is 4.82. The van der Waals surface area contributed by atoms with E-state index in [-0.39, 0.29) is 0 Å². The summed E-state index contributed by atoms with van der Waals surface area (Å²) in [6.07, 6.45) is 1.95. The highest BCUT2D eigenvalue weighted by molar-refractivity contribution is 5.97. The monoisotopic (exact) mass is 321 g/mol. The molecule has 126 valence electrons. The number of carbonyl (C=O) groups is 2. The summed E-state index contributed by atoms with van der Waals surface area (Å²) in [7, 11) is 0. The van der Waals surface area contributed by atoms with Crippen LogP contribution in [0, 0.1) is 0 Å². The lowest BCUT2D eigenvalue weighted by atomic mass is 10.1. The first-order valence-corrected chi connectivity index (χ1v) is 7.21. The number of hydrogen-bond donors (Lipinski definition) is 4. The van der Waals surface area contributed by atoms with Crippen LogP contribution in [-0.4, -0.2) is 35.7 Å². The first kappa shape index (κ1) is 18.7. The SMILES string of the molecule is CC(C)=CCOc1ccc(C(=O)N[C@H](C(=O)NO)[C@@H](C)N)cc1. The van der Waals surface area contributed by atoms with Crippen molar-refractivity contribution in [1.29, 1.82) is 0 Å². The number of hydroxylamine groups is 1. The van der Waals surface area contributed by atoms with Gasteiger partial charge < -0.3 is 15.8 Å². The maximum absolute atomic E-state index is 12.1. The van der Waals surface area contributed by atoms with Crippen molar-refractivity contribution >= 4 is 11.8 Å². The molecule has 0 aliphatic heterocycles. The van der Waals surface area contributed by atoms with Gasteiger partial charge in [0.15, 0.2) is 0 Å². The van der Waals surface area contributed by atoms with Crippen molar-refractivity contribution in [3.05, 3.63) is 41.5 Å². The number of hydrogen-bond acceptors (Lipinski definition) is 5. The van der Waals surface area contributed by atoms with Crippen molar-refractivity contribution in [2.75, 3.05) is 6.61 Å². The molecule has 0 aliphatic rings. The van der Waals surface area contributed by atoms with Crippen LogP contribution in [0.1, 0.15) is 31.1 Å². The van der Waals surface area contributed by atoms with Crippen molar-refractivity contribution < 1.29 is 19.5 Å². The molecule has 0 spiro atoms. The van der Waals surface area contributed by atoms with E-state index in [1.165, 1.54) is 5.48 Å². The maximum atomic E-state index is 12.1. The zero-order valence-corrected chi connectivity index (χ0v) is 13.5. The van der Waals surface area contributed by atoms with Crippen molar-refractivity contribution in [3.63, 3.8) is 0 Å². The predicted octanol–water partition coefficient (Wildman–Crippen LogP) is 0.983. The topological polar surface area (TPSA) is 114 Å². The number of carbonyl (C=O) groups excluding carboxylic acids is 2. The van der Waals surface area contributed by atoms with Gasteiger partial charge in [0.1, 0.15) is 18.4 Å². The number of allylic oxidation sites excluding steroid dienone is 1. The molecule has 0 bridgehead atoms. The van der Waals surface area contributed by atoms with Gasteiger partial charge in [-0.15, -0.1) is 0 Å². The van der Waals surface area contributed by atoms with E-state index in [0.29, 0.717) is 17.9 Å². The molecule has 2 atom stereocenters. The zero-order valence-electron chi connectivity index (χ0n) is 13.5. The highest BCUT2D eigenvalue weighted by atomic mass is 16.5. The summed E-state index contributed by atoms with van der Waals surface area (Å²) in [5, 5.41) is 11.1. The molecule has 7 nitrogen and oxygen atoms in total. The number of nitrogens with one attached hydrogen (secondary N) is 2. The molecule has 1 rings (SSSR count). The van der Waals surface area contributed by atoms with Crippen LogP contribution in [-0.2, 0) is 4.79 Å². The van der Waals surface area contributed by atoms with E-state index in [1.807, 2.05) is 19.9 Å². The van der Waals surface area contributed by atoms with Crippen molar-refractivity contribution in [1.82, 2.24) is 10.8 Å². The minimum atomic E-state index is -1.03. The fraction of sp³-hybridized carbons (Fsp3) is 0.375. The molecule has 5 N–H and O–H groups in total. The number of amides is 2. The molecule has 7 heteroatoms. The lowest BCUT2D eigenvalue weighted by molar-refractivity contribution is -0.131. The molecule has 0 aromatic heterocycles. The Morgan fingerprint density at radius 2 is 1.91 bits per heavy atom. The molecule has 2 amide bonds. The average Bonchev–Trinajstić information content (AvgIpc) is 2.51. The Labute approximate surface area is 135 Å². The molecule has 1 aromatic carbocycles. The van der Waals surface area contributed by atoms with Gasteiger partial charge >= 0.3 is 0 Å². The van der Waals surface area contributed by atoms with Crippen LogP contribution in [0.25, 0.3) is 0 Å². The second kappa shape index (κ2) is 8.92. The van der Waals surface area contributed by atoms with Gasteiger partial charge in [-0.2, -0.15) is 0 Å². The Hall–Kier alpha value is -2.38. The summed E-state index contributed by atoms with van der Waals surface area (Å²) in [5.74, 6) is -0.599. The molecule has 1 aromatic rings. The van der Waals surface area contributed by atoms with E-state index >= 15 is 0 Å². The Morgan fingerprint density at radius 1 is 1.30 bits per heavy atom. The van der Waals surface area contributed by atoms with E-state index in [9.17, 15) is 9.59 Å². The first-order valence-electron chi connectivity index (χ1n) is 7.21. The van der Waals surface area contributed by atoms with E-state index in [0.717, 1.165) is 5.57 Å². The quantitative estimate of drug-likeness (QED) is 0.340. The van der Waals surface area contributed by atoms with Gasteiger partial charge in [0, 0.05) is 11.6 Å². The summed E-state index contributed by atoms with van der Waals surface area (Å²) in [5.41, 5.74) is 8.63. The number of benzene rings is 1. The van der Waals surface area contributed by atoms with Gasteiger partial charge in [-0.3, -0.25) is 14.8 Å². The minimum absolute atomic E-state index is 0.357. The third kappa shape index (κ3) is 6.09. The Bertz CT molecular complexity index is 563. The van der Waals surface area contributed by atoms with Crippen LogP contribution in [0.5, 0.6) is 5.75 Å². The summed E-state index contributed by atoms with van der Waals surface area (Å²) in [6.45, 7) is 5.97. The van der Waals surface area contributed by atoms with Gasteiger partial charge in [-0.25, -0.2) is 5.48 Å². The molecule has 0 saturated heterocycles. The molecular weight excluding hydrogens is 298 g/mol. The fourth-order valence-electron chi connectivity index (χ4n) is 1.74. The largest absolute Gasteiger partial charge is 0.490 e. The normalized spacial score (nSPS) is 12.7. The smallest absolute Gasteiger partial charge is 0.267 e. The zero-order chi connectivity index (χ0) is 17.4. The van der Waals surface area contributed by atoms with Gasteiger partial charge in [0.2, 0.25) is 0 Å². The van der Waals surface area contributed by atoms with E-state index in [4.69, 9.17) is 15.7 Å². The van der Waals surface area contributed by atoms with Crippen LogP contribution in [0.3, 0.4) is 0 Å². The van der Waals surface area contributed by atoms with Crippen LogP contribution in [0.4, 0.5) is 0 Å². The average molecular weight is 321 g/mol. The summed E-state index contributed by atoms with van der Waals surface area (Å²) < 4.78 is 5.50. The van der Waals surface area contributed by atoms with Gasteiger partial charge in [0.25, 0.3) is 11.8 Å². The van der Waals surface area contributed by atoms with Crippen LogP contribution >= 0.6 is 0 Å². The number of rotatable bonds is 7. The number of nitrogens with two attached hydrogens (primary N) is 1. The van der Waals surface area contributed by atoms with E-state index < -0.39 is 23.9 Å². The van der Waals surface area contributed by atoms with Crippen LogP contribution in [0.15, 0.2) is 35.9 Å².